The molecule has 0 bridgehead atoms. The van der Waals surface area contributed by atoms with Crippen molar-refractivity contribution in [3.8, 4) is 0 Å². The molecule has 2 amide bonds. The van der Waals surface area contributed by atoms with Gasteiger partial charge in [-0.15, -0.1) is 11.3 Å². The fourth-order valence-corrected chi connectivity index (χ4v) is 5.11. The molecule has 28 heavy (non-hydrogen) atoms. The largest absolute Gasteiger partial charge is 0.462 e. The van der Waals surface area contributed by atoms with Gasteiger partial charge in [-0.1, -0.05) is 0 Å². The van der Waals surface area contributed by atoms with Crippen LogP contribution in [0.1, 0.15) is 45.4 Å². The molecule has 2 heterocycles. The first-order valence-corrected chi connectivity index (χ1v) is 11.5. The van der Waals surface area contributed by atoms with E-state index in [2.05, 4.69) is 10.6 Å². The predicted molar refractivity (Wildman–Crippen MR) is 106 cm³/mol. The first kappa shape index (κ1) is 22.3. The highest BCUT2D eigenvalue weighted by Crippen LogP contribution is 2.34. The molecule has 1 atom stereocenters. The van der Waals surface area contributed by atoms with E-state index in [1.165, 1.54) is 11.4 Å². The number of carbonyl (C=O) groups is 3. The Hall–Kier alpha value is -1.98. The number of hydrogen-bond acceptors (Lipinski definition) is 7. The maximum Gasteiger partial charge on any atom is 0.341 e. The van der Waals surface area contributed by atoms with Gasteiger partial charge in [-0.3, -0.25) is 9.59 Å². The summed E-state index contributed by atoms with van der Waals surface area (Å²) in [6.45, 7) is 3.92. The van der Waals surface area contributed by atoms with Crippen LogP contribution in [0.3, 0.4) is 0 Å². The number of nitrogens with one attached hydrogen (secondary N) is 2. The lowest BCUT2D eigenvalue weighted by molar-refractivity contribution is -0.120. The average molecular weight is 432 g/mol. The van der Waals surface area contributed by atoms with Crippen molar-refractivity contribution in [2.75, 3.05) is 38.3 Å². The summed E-state index contributed by atoms with van der Waals surface area (Å²) in [6.07, 6.45) is 2.23. The number of amides is 2. The second kappa shape index (κ2) is 9.01. The molecule has 1 aliphatic heterocycles. The van der Waals surface area contributed by atoms with Crippen LogP contribution in [-0.4, -0.2) is 63.5 Å². The molecule has 0 radical (unpaired) electrons. The Morgan fingerprint density at radius 3 is 2.57 bits per heavy atom. The van der Waals surface area contributed by atoms with Crippen molar-refractivity contribution in [3.63, 3.8) is 0 Å². The molecule has 1 aromatic heterocycles. The van der Waals surface area contributed by atoms with Crippen LogP contribution >= 0.6 is 11.3 Å². The Labute approximate surface area is 168 Å². The van der Waals surface area contributed by atoms with Crippen molar-refractivity contribution in [2.45, 2.75) is 26.7 Å². The van der Waals surface area contributed by atoms with Crippen LogP contribution in [0, 0.1) is 12.8 Å². The maximum absolute atomic E-state index is 12.8. The van der Waals surface area contributed by atoms with E-state index in [0.717, 1.165) is 17.6 Å². The fraction of sp³-hybridized carbons (Fsp3) is 0.588. The van der Waals surface area contributed by atoms with Gasteiger partial charge < -0.3 is 15.4 Å². The maximum atomic E-state index is 12.8. The minimum Gasteiger partial charge on any atom is -0.462 e. The number of piperidine rings is 1. The summed E-state index contributed by atoms with van der Waals surface area (Å²) in [4.78, 5) is 37.5. The molecule has 156 valence electrons. The summed E-state index contributed by atoms with van der Waals surface area (Å²) in [5, 5.41) is 5.45. The van der Waals surface area contributed by atoms with Crippen molar-refractivity contribution in [2.24, 2.45) is 5.92 Å². The van der Waals surface area contributed by atoms with Crippen molar-refractivity contribution in [3.05, 3.63) is 16.0 Å². The molecule has 9 nitrogen and oxygen atoms in total. The van der Waals surface area contributed by atoms with Crippen LogP contribution in [0.2, 0.25) is 0 Å². The molecule has 0 aliphatic carbocycles. The number of nitrogens with zero attached hydrogens (tertiary/aromatic N) is 1. The predicted octanol–water partition coefficient (Wildman–Crippen LogP) is 1.20. The Balaban J connectivity index is 2.30. The molecular weight excluding hydrogens is 406 g/mol. The molecule has 2 rings (SSSR count). The van der Waals surface area contributed by atoms with Crippen LogP contribution < -0.4 is 10.6 Å². The number of hydrogen-bond donors (Lipinski definition) is 2. The molecule has 0 spiro atoms. The van der Waals surface area contributed by atoms with Gasteiger partial charge in [-0.2, -0.15) is 0 Å². The van der Waals surface area contributed by atoms with E-state index >= 15 is 0 Å². The average Bonchev–Trinajstić information content (AvgIpc) is 2.96. The number of anilines is 1. The first-order valence-electron chi connectivity index (χ1n) is 8.88. The number of rotatable bonds is 6. The van der Waals surface area contributed by atoms with Gasteiger partial charge in [-0.25, -0.2) is 17.5 Å². The third-order valence-electron chi connectivity index (χ3n) is 4.52. The SMILES string of the molecule is CCOC(=O)c1c(NC(=O)[C@@H]2CCCN(S(C)(=O)=O)C2)sc(C(=O)NC)c1C. The van der Waals surface area contributed by atoms with E-state index < -0.39 is 21.9 Å². The van der Waals surface area contributed by atoms with Crippen LogP contribution in [0.25, 0.3) is 0 Å². The molecule has 1 saturated heterocycles. The number of carbonyl (C=O) groups excluding carboxylic acids is 3. The van der Waals surface area contributed by atoms with E-state index in [4.69, 9.17) is 4.74 Å². The van der Waals surface area contributed by atoms with Crippen LogP contribution in [0.4, 0.5) is 5.00 Å². The highest BCUT2D eigenvalue weighted by Gasteiger charge is 2.32. The van der Waals surface area contributed by atoms with Gasteiger partial charge in [0.05, 0.1) is 29.2 Å². The molecule has 0 aromatic carbocycles. The number of thiophene rings is 1. The molecule has 0 saturated carbocycles. The molecule has 1 aromatic rings. The summed E-state index contributed by atoms with van der Waals surface area (Å²) >= 11 is 0.995. The summed E-state index contributed by atoms with van der Waals surface area (Å²) in [7, 11) is -1.90. The zero-order chi connectivity index (χ0) is 21.1. The van der Waals surface area contributed by atoms with Gasteiger partial charge in [0.25, 0.3) is 5.91 Å². The van der Waals surface area contributed by atoms with Crippen LogP contribution in [0.15, 0.2) is 0 Å². The third-order valence-corrected chi connectivity index (χ3v) is 7.00. The highest BCUT2D eigenvalue weighted by atomic mass is 32.2. The number of esters is 1. The van der Waals surface area contributed by atoms with E-state index in [-0.39, 0.29) is 35.5 Å². The van der Waals surface area contributed by atoms with E-state index in [1.54, 1.807) is 13.8 Å². The van der Waals surface area contributed by atoms with Crippen molar-refractivity contribution in [1.82, 2.24) is 9.62 Å². The van der Waals surface area contributed by atoms with Gasteiger partial charge in [0.2, 0.25) is 15.9 Å². The quantitative estimate of drug-likeness (QED) is 0.653. The fourth-order valence-electron chi connectivity index (χ4n) is 3.05. The lowest BCUT2D eigenvalue weighted by Gasteiger charge is -2.30. The second-order valence-corrected chi connectivity index (χ2v) is 9.51. The minimum atomic E-state index is -3.38. The highest BCUT2D eigenvalue weighted by molar-refractivity contribution is 7.88. The second-order valence-electron chi connectivity index (χ2n) is 6.51. The minimum absolute atomic E-state index is 0.0894. The normalized spacial score (nSPS) is 17.8. The Morgan fingerprint density at radius 1 is 1.32 bits per heavy atom. The van der Waals surface area contributed by atoms with Crippen molar-refractivity contribution >= 4 is 44.1 Å². The standard InChI is InChI=1S/C17H25N3O6S2/c1-5-26-17(23)12-10(2)13(15(22)18-3)27-16(12)19-14(21)11-7-6-8-20(9-11)28(4,24)25/h11H,5-9H2,1-4H3,(H,18,22)(H,19,21)/t11-/m1/s1. The summed E-state index contributed by atoms with van der Waals surface area (Å²) in [6, 6.07) is 0. The van der Waals surface area contributed by atoms with Gasteiger partial charge in [-0.05, 0) is 32.3 Å². The molecule has 11 heteroatoms. The zero-order valence-corrected chi connectivity index (χ0v) is 18.0. The molecular formula is C17H25N3O6S2. The van der Waals surface area contributed by atoms with Crippen LogP contribution in [-0.2, 0) is 19.6 Å². The topological polar surface area (TPSA) is 122 Å². The first-order chi connectivity index (χ1) is 13.1. The molecule has 0 unspecified atom stereocenters. The van der Waals surface area contributed by atoms with Gasteiger partial charge in [0.1, 0.15) is 5.00 Å². The van der Waals surface area contributed by atoms with Gasteiger partial charge in [0, 0.05) is 20.1 Å². The molecule has 1 aliphatic rings. The Bertz CT molecular complexity index is 878. The van der Waals surface area contributed by atoms with Crippen molar-refractivity contribution < 1.29 is 27.5 Å². The smallest absolute Gasteiger partial charge is 0.341 e. The third kappa shape index (κ3) is 4.89. The Kier molecular flexibility index (Phi) is 7.18. The zero-order valence-electron chi connectivity index (χ0n) is 16.3. The molecule has 1 fully saturated rings. The van der Waals surface area contributed by atoms with Crippen molar-refractivity contribution in [1.29, 1.82) is 0 Å². The monoisotopic (exact) mass is 431 g/mol. The van der Waals surface area contributed by atoms with E-state index in [9.17, 15) is 22.8 Å². The number of ether oxygens (including phenoxy) is 1. The lowest BCUT2D eigenvalue weighted by Crippen LogP contribution is -2.43. The summed E-state index contributed by atoms with van der Waals surface area (Å²) < 4.78 is 29.9. The summed E-state index contributed by atoms with van der Waals surface area (Å²) in [5.74, 6) is -1.91. The van der Waals surface area contributed by atoms with E-state index in [0.29, 0.717) is 29.8 Å². The van der Waals surface area contributed by atoms with Crippen LogP contribution in [0.5, 0.6) is 0 Å². The van der Waals surface area contributed by atoms with Gasteiger partial charge >= 0.3 is 5.97 Å². The summed E-state index contributed by atoms with van der Waals surface area (Å²) in [5.41, 5.74) is 0.578. The molecule has 2 N–H and O–H groups in total. The number of sulfonamides is 1. The Morgan fingerprint density at radius 2 is 2.00 bits per heavy atom. The van der Waals surface area contributed by atoms with E-state index in [1.807, 2.05) is 0 Å². The van der Waals surface area contributed by atoms with Gasteiger partial charge in [0.15, 0.2) is 0 Å². The lowest BCUT2D eigenvalue weighted by atomic mass is 9.99.